The highest BCUT2D eigenvalue weighted by Crippen LogP contribution is 2.36. The van der Waals surface area contributed by atoms with E-state index in [1.54, 1.807) is 30.3 Å². The van der Waals surface area contributed by atoms with Crippen LogP contribution < -0.4 is 15.4 Å². The van der Waals surface area contributed by atoms with Gasteiger partial charge in [-0.15, -0.1) is 6.42 Å². The summed E-state index contributed by atoms with van der Waals surface area (Å²) in [6.45, 7) is 7.30. The molecule has 3 rings (SSSR count). The van der Waals surface area contributed by atoms with E-state index < -0.39 is 17.1 Å². The zero-order valence-corrected chi connectivity index (χ0v) is 21.1. The SMILES string of the molecule is C#CC(C)(C)c1cccc(C(=O)Nc2cc(Oc3ccc(N=C)c(SCNC)n3)c(Cl)cc2F)c1. The van der Waals surface area contributed by atoms with Crippen molar-refractivity contribution in [2.75, 3.05) is 18.2 Å². The van der Waals surface area contributed by atoms with Crippen LogP contribution in [0.2, 0.25) is 5.02 Å². The lowest BCUT2D eigenvalue weighted by molar-refractivity contribution is 0.102. The van der Waals surface area contributed by atoms with E-state index in [-0.39, 0.29) is 22.3 Å². The standard InChI is InChI=1S/C26H24ClFN4O2S/c1-6-26(2,3)17-9-7-8-16(12-17)24(33)31-21-14-22(18(27)13-19(21)28)34-23-11-10-20(30-5)25(32-23)35-15-29-4/h1,7-14,29H,5,15H2,2-4H3,(H,31,33). The third-order valence-corrected chi connectivity index (χ3v) is 6.33. The van der Waals surface area contributed by atoms with Crippen molar-refractivity contribution >= 4 is 47.4 Å². The summed E-state index contributed by atoms with van der Waals surface area (Å²) >= 11 is 7.62. The number of nitrogens with one attached hydrogen (secondary N) is 2. The molecule has 2 aromatic carbocycles. The number of aromatic nitrogens is 1. The van der Waals surface area contributed by atoms with Crippen LogP contribution in [0.1, 0.15) is 29.8 Å². The van der Waals surface area contributed by atoms with Gasteiger partial charge in [0, 0.05) is 23.6 Å². The molecule has 0 aliphatic heterocycles. The molecular weight excluding hydrogens is 487 g/mol. The first-order valence-electron chi connectivity index (χ1n) is 10.5. The molecule has 6 nitrogen and oxygen atoms in total. The zero-order chi connectivity index (χ0) is 25.6. The topological polar surface area (TPSA) is 75.6 Å². The minimum atomic E-state index is -0.708. The van der Waals surface area contributed by atoms with Gasteiger partial charge in [-0.3, -0.25) is 9.79 Å². The lowest BCUT2D eigenvalue weighted by Crippen LogP contribution is -2.17. The number of thioether (sulfide) groups is 1. The number of benzene rings is 2. The molecule has 1 heterocycles. The third kappa shape index (κ3) is 6.40. The lowest BCUT2D eigenvalue weighted by atomic mass is 9.85. The molecule has 0 saturated heterocycles. The van der Waals surface area contributed by atoms with Crippen LogP contribution in [0.5, 0.6) is 11.6 Å². The summed E-state index contributed by atoms with van der Waals surface area (Å²) in [5.41, 5.74) is 1.08. The molecule has 0 radical (unpaired) electrons. The summed E-state index contributed by atoms with van der Waals surface area (Å²) in [7, 11) is 1.81. The number of anilines is 1. The maximum atomic E-state index is 14.6. The van der Waals surface area contributed by atoms with E-state index in [4.69, 9.17) is 22.8 Å². The van der Waals surface area contributed by atoms with Gasteiger partial charge in [0.15, 0.2) is 0 Å². The summed E-state index contributed by atoms with van der Waals surface area (Å²) in [4.78, 5) is 21.2. The maximum Gasteiger partial charge on any atom is 0.255 e. The molecule has 1 aromatic heterocycles. The van der Waals surface area contributed by atoms with E-state index in [1.807, 2.05) is 27.0 Å². The second-order valence-electron chi connectivity index (χ2n) is 7.94. The Balaban J connectivity index is 1.86. The Morgan fingerprint density at radius 3 is 2.77 bits per heavy atom. The number of aliphatic imine (C=N–C) groups is 1. The largest absolute Gasteiger partial charge is 0.437 e. The van der Waals surface area contributed by atoms with Crippen LogP contribution in [0.25, 0.3) is 0 Å². The molecule has 180 valence electrons. The monoisotopic (exact) mass is 510 g/mol. The van der Waals surface area contributed by atoms with Gasteiger partial charge < -0.3 is 15.4 Å². The first kappa shape index (κ1) is 26.2. The zero-order valence-electron chi connectivity index (χ0n) is 19.5. The highest BCUT2D eigenvalue weighted by Gasteiger charge is 2.20. The van der Waals surface area contributed by atoms with Crippen LogP contribution in [-0.4, -0.2) is 30.5 Å². The predicted molar refractivity (Wildman–Crippen MR) is 141 cm³/mol. The van der Waals surface area contributed by atoms with Gasteiger partial charge in [0.2, 0.25) is 5.88 Å². The number of carbonyl (C=O) groups excluding carboxylic acids is 1. The van der Waals surface area contributed by atoms with E-state index >= 15 is 0 Å². The predicted octanol–water partition coefficient (Wildman–Crippen LogP) is 6.43. The molecular formula is C26H24ClFN4O2S. The van der Waals surface area contributed by atoms with Gasteiger partial charge in [-0.2, -0.15) is 0 Å². The molecule has 0 aliphatic carbocycles. The Morgan fingerprint density at radius 2 is 2.09 bits per heavy atom. The molecule has 3 aromatic rings. The molecule has 0 saturated carbocycles. The quantitative estimate of drug-likeness (QED) is 0.150. The van der Waals surface area contributed by atoms with Gasteiger partial charge in [-0.25, -0.2) is 9.37 Å². The number of hydrogen-bond acceptors (Lipinski definition) is 6. The summed E-state index contributed by atoms with van der Waals surface area (Å²) in [6, 6.07) is 12.6. The lowest BCUT2D eigenvalue weighted by Gasteiger charge is -2.18. The van der Waals surface area contributed by atoms with Crippen LogP contribution in [0.4, 0.5) is 15.8 Å². The molecule has 0 spiro atoms. The van der Waals surface area contributed by atoms with Crippen LogP contribution in [0.15, 0.2) is 58.5 Å². The van der Waals surface area contributed by atoms with Crippen LogP contribution >= 0.6 is 23.4 Å². The number of carbonyl (C=O) groups is 1. The second-order valence-corrected chi connectivity index (χ2v) is 9.31. The van der Waals surface area contributed by atoms with Crippen LogP contribution in [0.3, 0.4) is 0 Å². The van der Waals surface area contributed by atoms with Gasteiger partial charge in [0.25, 0.3) is 5.91 Å². The average Bonchev–Trinajstić information content (AvgIpc) is 2.85. The fraction of sp³-hybridized carbons (Fsp3) is 0.192. The number of nitrogens with zero attached hydrogens (tertiary/aromatic N) is 2. The fourth-order valence-electron chi connectivity index (χ4n) is 2.98. The number of ether oxygens (including phenoxy) is 1. The molecule has 0 atom stereocenters. The van der Waals surface area contributed by atoms with Crippen molar-refractivity contribution < 1.29 is 13.9 Å². The van der Waals surface area contributed by atoms with E-state index in [0.29, 0.717) is 22.2 Å². The Labute approximate surface area is 213 Å². The van der Waals surface area contributed by atoms with Crippen molar-refractivity contribution in [1.29, 1.82) is 0 Å². The molecule has 0 bridgehead atoms. The number of halogens is 2. The molecule has 2 N–H and O–H groups in total. The fourth-order valence-corrected chi connectivity index (χ4v) is 3.89. The van der Waals surface area contributed by atoms with E-state index in [1.165, 1.54) is 17.8 Å². The minimum absolute atomic E-state index is 0.0235. The molecule has 0 fully saturated rings. The number of pyridine rings is 1. The van der Waals surface area contributed by atoms with Gasteiger partial charge in [-0.1, -0.05) is 41.4 Å². The highest BCUT2D eigenvalue weighted by molar-refractivity contribution is 7.99. The smallest absolute Gasteiger partial charge is 0.255 e. The molecule has 0 aliphatic rings. The molecule has 1 amide bonds. The van der Waals surface area contributed by atoms with Crippen LogP contribution in [0, 0.1) is 18.2 Å². The maximum absolute atomic E-state index is 14.6. The number of terminal acetylenes is 1. The van der Waals surface area contributed by atoms with Gasteiger partial charge in [-0.05, 0) is 57.4 Å². The number of hydrogen-bond donors (Lipinski definition) is 2. The number of rotatable bonds is 9. The van der Waals surface area contributed by atoms with Gasteiger partial charge >= 0.3 is 0 Å². The minimum Gasteiger partial charge on any atom is -0.437 e. The Kier molecular flexibility index (Phi) is 8.52. The summed E-state index contributed by atoms with van der Waals surface area (Å²) in [5.74, 6) is 2.45. The van der Waals surface area contributed by atoms with Crippen LogP contribution in [-0.2, 0) is 5.41 Å². The van der Waals surface area contributed by atoms with Crippen molar-refractivity contribution in [1.82, 2.24) is 10.3 Å². The summed E-state index contributed by atoms with van der Waals surface area (Å²) in [5, 5.41) is 6.22. The van der Waals surface area contributed by atoms with Crippen molar-refractivity contribution in [3.05, 3.63) is 70.5 Å². The first-order chi connectivity index (χ1) is 16.7. The van der Waals surface area contributed by atoms with Crippen molar-refractivity contribution in [2.45, 2.75) is 24.3 Å². The average molecular weight is 511 g/mol. The third-order valence-electron chi connectivity index (χ3n) is 5.03. The summed E-state index contributed by atoms with van der Waals surface area (Å²) < 4.78 is 20.5. The molecule has 0 unspecified atom stereocenters. The normalized spacial score (nSPS) is 11.0. The van der Waals surface area contributed by atoms with Gasteiger partial charge in [0.1, 0.15) is 16.6 Å². The molecule has 9 heteroatoms. The van der Waals surface area contributed by atoms with E-state index in [9.17, 15) is 9.18 Å². The molecule has 35 heavy (non-hydrogen) atoms. The van der Waals surface area contributed by atoms with E-state index in [0.717, 1.165) is 11.6 Å². The first-order valence-corrected chi connectivity index (χ1v) is 11.9. The van der Waals surface area contributed by atoms with Crippen molar-refractivity contribution in [3.63, 3.8) is 0 Å². The summed E-state index contributed by atoms with van der Waals surface area (Å²) in [6.07, 6.45) is 5.61. The van der Waals surface area contributed by atoms with Gasteiger partial charge in [0.05, 0.1) is 21.8 Å². The number of amides is 1. The Bertz CT molecular complexity index is 1310. The van der Waals surface area contributed by atoms with Crippen molar-refractivity contribution in [3.8, 4) is 24.0 Å². The second kappa shape index (κ2) is 11.4. The van der Waals surface area contributed by atoms with E-state index in [2.05, 4.69) is 33.2 Å². The Morgan fingerprint density at radius 1 is 1.31 bits per heavy atom. The van der Waals surface area contributed by atoms with Crippen molar-refractivity contribution in [2.24, 2.45) is 4.99 Å². The Hall–Kier alpha value is -3.38. The highest BCUT2D eigenvalue weighted by atomic mass is 35.5.